The highest BCUT2D eigenvalue weighted by Crippen LogP contribution is 2.29. The number of benzene rings is 2. The van der Waals surface area contributed by atoms with Crippen molar-refractivity contribution in [3.8, 4) is 16.9 Å². The summed E-state index contributed by atoms with van der Waals surface area (Å²) in [5, 5.41) is 13.8. The first-order valence-electron chi connectivity index (χ1n) is 10.6. The van der Waals surface area contributed by atoms with Gasteiger partial charge in [-0.05, 0) is 24.0 Å². The minimum Gasteiger partial charge on any atom is -0.483 e. The molecule has 0 aliphatic rings. The average molecular weight is 450 g/mol. The van der Waals surface area contributed by atoms with E-state index in [0.717, 1.165) is 11.1 Å². The molecule has 0 bridgehead atoms. The summed E-state index contributed by atoms with van der Waals surface area (Å²) in [6, 6.07) is 14.5. The van der Waals surface area contributed by atoms with Crippen LogP contribution < -0.4 is 15.4 Å². The Kier molecular flexibility index (Phi) is 9.66. The van der Waals surface area contributed by atoms with E-state index in [0.29, 0.717) is 5.75 Å². The second-order valence-electron chi connectivity index (χ2n) is 7.96. The molecule has 3 N–H and O–H groups in total. The van der Waals surface area contributed by atoms with Crippen LogP contribution in [0.1, 0.15) is 26.7 Å². The van der Waals surface area contributed by atoms with Crippen molar-refractivity contribution in [1.29, 1.82) is 0 Å². The molecule has 0 fully saturated rings. The van der Waals surface area contributed by atoms with E-state index in [1.807, 2.05) is 56.3 Å². The summed E-state index contributed by atoms with van der Waals surface area (Å²) in [7, 11) is 5.19. The molecule has 0 aliphatic heterocycles. The predicted octanol–water partition coefficient (Wildman–Crippen LogP) is 1.92. The molecule has 2 atom stereocenters. The summed E-state index contributed by atoms with van der Waals surface area (Å²) in [5.41, 5.74) is 0.781. The number of carboxylic acid groups (broad SMARTS) is 1. The van der Waals surface area contributed by atoms with E-state index < -0.39 is 42.0 Å². The molecule has 33 heavy (non-hydrogen) atoms. The van der Waals surface area contributed by atoms with E-state index in [4.69, 9.17) is 17.7 Å². The van der Waals surface area contributed by atoms with Gasteiger partial charge < -0.3 is 25.3 Å². The fourth-order valence-corrected chi connectivity index (χ4v) is 3.20. The molecule has 0 aromatic heterocycles. The van der Waals surface area contributed by atoms with Crippen LogP contribution >= 0.6 is 0 Å². The van der Waals surface area contributed by atoms with Crippen LogP contribution in [0.5, 0.6) is 5.75 Å². The Bertz CT molecular complexity index is 980. The van der Waals surface area contributed by atoms with Crippen molar-refractivity contribution in [2.75, 3.05) is 6.61 Å². The van der Waals surface area contributed by atoms with Gasteiger partial charge in [0.05, 0.1) is 18.1 Å². The Balaban J connectivity index is 2.05. The second kappa shape index (κ2) is 12.4. The van der Waals surface area contributed by atoms with Crippen molar-refractivity contribution in [3.05, 3.63) is 54.6 Å². The molecule has 172 valence electrons. The van der Waals surface area contributed by atoms with Crippen LogP contribution in [0, 0.1) is 5.92 Å². The number of hydrogen-bond donors (Lipinski definition) is 3. The summed E-state index contributed by atoms with van der Waals surface area (Å²) in [5.74, 6) is -1.96. The van der Waals surface area contributed by atoms with Gasteiger partial charge in [0.15, 0.2) is 14.5 Å². The average Bonchev–Trinajstić information content (AvgIpc) is 2.77. The van der Waals surface area contributed by atoms with Crippen molar-refractivity contribution < 1.29 is 29.0 Å². The number of nitrogens with one attached hydrogen (secondary N) is 2. The fraction of sp³-hybridized carbons (Fsp3) is 0.333. The van der Waals surface area contributed by atoms with Gasteiger partial charge >= 0.3 is 5.97 Å². The van der Waals surface area contributed by atoms with Gasteiger partial charge in [-0.15, -0.1) is 0 Å². The second-order valence-corrected chi connectivity index (χ2v) is 7.96. The summed E-state index contributed by atoms with van der Waals surface area (Å²) < 4.78 is 5.72. The first-order chi connectivity index (χ1) is 15.7. The van der Waals surface area contributed by atoms with Crippen LogP contribution in [-0.2, 0) is 19.2 Å². The fourth-order valence-electron chi connectivity index (χ4n) is 3.20. The molecule has 0 saturated heterocycles. The minimum atomic E-state index is -1.38. The third kappa shape index (κ3) is 8.44. The topological polar surface area (TPSA) is 122 Å². The van der Waals surface area contributed by atoms with Gasteiger partial charge in [0.2, 0.25) is 5.91 Å². The lowest BCUT2D eigenvalue weighted by molar-refractivity contribution is -0.139. The van der Waals surface area contributed by atoms with E-state index in [9.17, 15) is 19.2 Å². The molecular weight excluding hydrogens is 423 g/mol. The van der Waals surface area contributed by atoms with Gasteiger partial charge in [-0.25, -0.2) is 0 Å². The van der Waals surface area contributed by atoms with Crippen molar-refractivity contribution in [1.82, 2.24) is 10.6 Å². The van der Waals surface area contributed by atoms with Crippen LogP contribution in [0.25, 0.3) is 11.1 Å². The van der Waals surface area contributed by atoms with Gasteiger partial charge in [0, 0.05) is 5.56 Å². The number of para-hydroxylation sites is 1. The molecule has 8 nitrogen and oxygen atoms in total. The molecule has 0 saturated carbocycles. The molecule has 2 aromatic rings. The van der Waals surface area contributed by atoms with E-state index in [2.05, 4.69) is 10.6 Å². The molecule has 2 amide bonds. The number of carboxylic acids is 1. The molecule has 0 spiro atoms. The van der Waals surface area contributed by atoms with Crippen molar-refractivity contribution in [3.63, 3.8) is 0 Å². The maximum atomic E-state index is 12.7. The summed E-state index contributed by atoms with van der Waals surface area (Å²) >= 11 is 0. The highest BCUT2D eigenvalue weighted by atomic mass is 16.5. The van der Waals surface area contributed by atoms with Crippen LogP contribution in [0.4, 0.5) is 0 Å². The summed E-state index contributed by atoms with van der Waals surface area (Å²) in [6.07, 6.45) is -0.375. The number of amides is 2. The Hall–Kier alpha value is -3.62. The molecule has 0 aliphatic carbocycles. The standard InChI is InChI=1S/C24H27BN2O6/c1-15(2)12-19(24(32)27-18(23(25)31)13-22(29)30)26-21(28)14-33-20-11-7-6-10-17(20)16-8-4-3-5-9-16/h3-11,15,18-19H,12-14H2,1-2H3,(H,26,28)(H,27,32)(H,29,30)/t18-,19-/m0/s1. The Morgan fingerprint density at radius 3 is 2.18 bits per heavy atom. The molecule has 0 unspecified atom stereocenters. The lowest BCUT2D eigenvalue weighted by Gasteiger charge is -2.23. The maximum Gasteiger partial charge on any atom is 0.305 e. The SMILES string of the molecule is [B]C(=O)[C@H](CC(=O)O)NC(=O)[C@H](CC(C)C)NC(=O)COc1ccccc1-c1ccccc1. The normalized spacial score (nSPS) is 12.5. The van der Waals surface area contributed by atoms with E-state index in [1.54, 1.807) is 12.1 Å². The number of hydrogen-bond acceptors (Lipinski definition) is 5. The molecule has 9 heteroatoms. The Morgan fingerprint density at radius 1 is 0.939 bits per heavy atom. The van der Waals surface area contributed by atoms with Crippen LogP contribution in [0.3, 0.4) is 0 Å². The third-order valence-electron chi connectivity index (χ3n) is 4.73. The third-order valence-corrected chi connectivity index (χ3v) is 4.73. The van der Waals surface area contributed by atoms with Gasteiger partial charge in [0.1, 0.15) is 11.8 Å². The van der Waals surface area contributed by atoms with E-state index in [1.165, 1.54) is 0 Å². The number of ether oxygens (including phenoxy) is 1. The maximum absolute atomic E-state index is 12.7. The van der Waals surface area contributed by atoms with E-state index in [-0.39, 0.29) is 18.9 Å². The molecular formula is C24H27BN2O6. The molecule has 2 radical (unpaired) electrons. The van der Waals surface area contributed by atoms with Gasteiger partial charge in [-0.3, -0.25) is 14.4 Å². The minimum absolute atomic E-state index is 0.0345. The smallest absolute Gasteiger partial charge is 0.305 e. The zero-order valence-corrected chi connectivity index (χ0v) is 18.6. The molecule has 2 rings (SSSR count). The summed E-state index contributed by atoms with van der Waals surface area (Å²) in [6.45, 7) is 3.39. The van der Waals surface area contributed by atoms with Crippen LogP contribution in [0.15, 0.2) is 54.6 Å². The van der Waals surface area contributed by atoms with Crippen molar-refractivity contribution in [2.24, 2.45) is 5.92 Å². The van der Waals surface area contributed by atoms with Crippen molar-refractivity contribution >= 4 is 31.3 Å². The lowest BCUT2D eigenvalue weighted by atomic mass is 9.92. The molecule has 0 heterocycles. The van der Waals surface area contributed by atoms with E-state index >= 15 is 0 Å². The first-order valence-corrected chi connectivity index (χ1v) is 10.6. The zero-order chi connectivity index (χ0) is 24.4. The van der Waals surface area contributed by atoms with Crippen LogP contribution in [0.2, 0.25) is 0 Å². The van der Waals surface area contributed by atoms with Gasteiger partial charge in [-0.1, -0.05) is 62.4 Å². The predicted molar refractivity (Wildman–Crippen MR) is 124 cm³/mol. The number of aliphatic carboxylic acids is 1. The quantitative estimate of drug-likeness (QED) is 0.425. The highest BCUT2D eigenvalue weighted by Gasteiger charge is 2.27. The first kappa shape index (κ1) is 25.6. The Morgan fingerprint density at radius 2 is 1.58 bits per heavy atom. The van der Waals surface area contributed by atoms with Crippen molar-refractivity contribution in [2.45, 2.75) is 38.8 Å². The Labute approximate surface area is 194 Å². The van der Waals surface area contributed by atoms with Crippen LogP contribution in [-0.4, -0.2) is 55.1 Å². The summed E-state index contributed by atoms with van der Waals surface area (Å²) in [4.78, 5) is 47.6. The van der Waals surface area contributed by atoms with Gasteiger partial charge in [-0.2, -0.15) is 0 Å². The lowest BCUT2D eigenvalue weighted by Crippen LogP contribution is -2.53. The molecule has 2 aromatic carbocycles. The number of carbonyl (C=O) groups excluding carboxylic acids is 3. The zero-order valence-electron chi connectivity index (χ0n) is 18.6. The largest absolute Gasteiger partial charge is 0.483 e. The van der Waals surface area contributed by atoms with Gasteiger partial charge in [0.25, 0.3) is 5.91 Å². The number of rotatable bonds is 12. The highest BCUT2D eigenvalue weighted by molar-refractivity contribution is 6.59. The monoisotopic (exact) mass is 450 g/mol. The number of carbonyl (C=O) groups is 4.